The number of halogens is 1. The molecule has 0 aliphatic heterocycles. The van der Waals surface area contributed by atoms with Crippen molar-refractivity contribution in [2.75, 3.05) is 7.05 Å². The van der Waals surface area contributed by atoms with E-state index < -0.39 is 0 Å². The third-order valence-corrected chi connectivity index (χ3v) is 3.90. The summed E-state index contributed by atoms with van der Waals surface area (Å²) in [5.41, 5.74) is 1.02. The fourth-order valence-corrected chi connectivity index (χ4v) is 2.87. The van der Waals surface area contributed by atoms with E-state index in [1.807, 2.05) is 13.1 Å². The van der Waals surface area contributed by atoms with Crippen LogP contribution in [-0.4, -0.2) is 7.05 Å². The number of rotatable bonds is 4. The van der Waals surface area contributed by atoms with Crippen molar-refractivity contribution in [3.63, 3.8) is 0 Å². The van der Waals surface area contributed by atoms with Gasteiger partial charge in [-0.25, -0.2) is 4.39 Å². The third kappa shape index (κ3) is 3.14. The number of aryl methyl sites for hydroxylation is 1. The van der Waals surface area contributed by atoms with Crippen molar-refractivity contribution in [3.05, 3.63) is 57.5 Å². The monoisotopic (exact) mass is 249 g/mol. The van der Waals surface area contributed by atoms with Crippen LogP contribution in [0.2, 0.25) is 0 Å². The van der Waals surface area contributed by atoms with Gasteiger partial charge >= 0.3 is 0 Å². The van der Waals surface area contributed by atoms with Gasteiger partial charge in [0.1, 0.15) is 5.82 Å². The fourth-order valence-electron chi connectivity index (χ4n) is 1.89. The smallest absolute Gasteiger partial charge is 0.123 e. The van der Waals surface area contributed by atoms with Gasteiger partial charge in [-0.1, -0.05) is 12.1 Å². The normalized spacial score (nSPS) is 12.6. The third-order valence-electron chi connectivity index (χ3n) is 2.78. The molecule has 90 valence electrons. The van der Waals surface area contributed by atoms with E-state index >= 15 is 0 Å². The molecule has 0 bridgehead atoms. The molecular weight excluding hydrogens is 233 g/mol. The molecule has 2 aromatic rings. The Morgan fingerprint density at radius 2 is 2.12 bits per heavy atom. The van der Waals surface area contributed by atoms with Crippen molar-refractivity contribution in [2.24, 2.45) is 0 Å². The topological polar surface area (TPSA) is 12.0 Å². The summed E-state index contributed by atoms with van der Waals surface area (Å²) in [6.07, 6.45) is 0.814. The van der Waals surface area contributed by atoms with Crippen LogP contribution in [-0.2, 0) is 6.42 Å². The van der Waals surface area contributed by atoms with E-state index in [1.165, 1.54) is 15.8 Å². The van der Waals surface area contributed by atoms with E-state index in [0.29, 0.717) is 0 Å². The van der Waals surface area contributed by atoms with Gasteiger partial charge in [-0.2, -0.15) is 0 Å². The Morgan fingerprint density at radius 3 is 2.71 bits per heavy atom. The highest BCUT2D eigenvalue weighted by Gasteiger charge is 2.12. The zero-order valence-corrected chi connectivity index (χ0v) is 10.9. The van der Waals surface area contributed by atoms with E-state index in [4.69, 9.17) is 0 Å². The summed E-state index contributed by atoms with van der Waals surface area (Å²) < 4.78 is 13.1. The second kappa shape index (κ2) is 5.43. The van der Waals surface area contributed by atoms with E-state index in [0.717, 1.165) is 12.0 Å². The number of likely N-dealkylation sites (N-methyl/N-ethyl adjacent to an activating group) is 1. The van der Waals surface area contributed by atoms with Gasteiger partial charge in [-0.3, -0.25) is 0 Å². The van der Waals surface area contributed by atoms with Crippen LogP contribution in [0.15, 0.2) is 36.4 Å². The molecule has 1 aromatic heterocycles. The van der Waals surface area contributed by atoms with E-state index in [9.17, 15) is 4.39 Å². The maximum absolute atomic E-state index is 13.1. The Kier molecular flexibility index (Phi) is 3.92. The van der Waals surface area contributed by atoms with Gasteiger partial charge in [0.25, 0.3) is 0 Å². The van der Waals surface area contributed by atoms with E-state index in [1.54, 1.807) is 23.5 Å². The molecule has 1 N–H and O–H groups in total. The average Bonchev–Trinajstić information content (AvgIpc) is 2.73. The highest BCUT2D eigenvalue weighted by atomic mass is 32.1. The van der Waals surface area contributed by atoms with Crippen LogP contribution in [0.25, 0.3) is 0 Å². The molecular formula is C14H16FNS. The molecule has 0 saturated carbocycles. The second-order valence-corrected chi connectivity index (χ2v) is 5.44. The van der Waals surface area contributed by atoms with Crippen LogP contribution in [0, 0.1) is 12.7 Å². The zero-order chi connectivity index (χ0) is 12.3. The first kappa shape index (κ1) is 12.3. The standard InChI is InChI=1S/C14H16FNS/c1-10-6-7-14(17-10)13(16-2)9-11-4-3-5-12(15)8-11/h3-8,13,16H,9H2,1-2H3. The molecule has 0 radical (unpaired) electrons. The summed E-state index contributed by atoms with van der Waals surface area (Å²) in [5.74, 6) is -0.167. The molecule has 0 fully saturated rings. The van der Waals surface area contributed by atoms with Crippen LogP contribution in [0.4, 0.5) is 4.39 Å². The van der Waals surface area contributed by atoms with Crippen molar-refractivity contribution in [3.8, 4) is 0 Å². The van der Waals surface area contributed by atoms with Gasteiger partial charge < -0.3 is 5.32 Å². The predicted octanol–water partition coefficient (Wildman–Crippen LogP) is 3.70. The summed E-state index contributed by atoms with van der Waals surface area (Å²) in [5, 5.41) is 3.29. The van der Waals surface area contributed by atoms with Gasteiger partial charge in [-0.15, -0.1) is 11.3 Å². The first-order valence-corrected chi connectivity index (χ1v) is 6.48. The molecule has 1 atom stereocenters. The number of hydrogen-bond donors (Lipinski definition) is 1. The highest BCUT2D eigenvalue weighted by molar-refractivity contribution is 7.12. The molecule has 0 amide bonds. The molecule has 2 rings (SSSR count). The predicted molar refractivity (Wildman–Crippen MR) is 71.0 cm³/mol. The van der Waals surface area contributed by atoms with Crippen LogP contribution in [0.1, 0.15) is 21.4 Å². The van der Waals surface area contributed by atoms with E-state index in [-0.39, 0.29) is 11.9 Å². The molecule has 1 heterocycles. The lowest BCUT2D eigenvalue weighted by molar-refractivity contribution is 0.592. The highest BCUT2D eigenvalue weighted by Crippen LogP contribution is 2.25. The van der Waals surface area contributed by atoms with Gasteiger partial charge in [0.2, 0.25) is 0 Å². The summed E-state index contributed by atoms with van der Waals surface area (Å²) in [6, 6.07) is 11.3. The van der Waals surface area contributed by atoms with Crippen LogP contribution < -0.4 is 5.32 Å². The lowest BCUT2D eigenvalue weighted by Crippen LogP contribution is -2.17. The molecule has 0 spiro atoms. The summed E-state index contributed by atoms with van der Waals surface area (Å²) >= 11 is 1.79. The first-order chi connectivity index (χ1) is 8.19. The van der Waals surface area contributed by atoms with Gasteiger partial charge in [0, 0.05) is 15.8 Å². The Labute approximate surface area is 105 Å². The molecule has 1 unspecified atom stereocenters. The van der Waals surface area contributed by atoms with Gasteiger partial charge in [-0.05, 0) is 50.2 Å². The minimum absolute atomic E-state index is 0.167. The SMILES string of the molecule is CNC(Cc1cccc(F)c1)c1ccc(C)s1. The van der Waals surface area contributed by atoms with Crippen molar-refractivity contribution in [2.45, 2.75) is 19.4 Å². The number of hydrogen-bond acceptors (Lipinski definition) is 2. The Balaban J connectivity index is 2.15. The van der Waals surface area contributed by atoms with Crippen molar-refractivity contribution in [1.29, 1.82) is 0 Å². The Bertz CT molecular complexity index is 492. The lowest BCUT2D eigenvalue weighted by atomic mass is 10.0. The quantitative estimate of drug-likeness (QED) is 0.871. The molecule has 17 heavy (non-hydrogen) atoms. The maximum Gasteiger partial charge on any atom is 0.123 e. The van der Waals surface area contributed by atoms with Crippen molar-refractivity contribution >= 4 is 11.3 Å². The summed E-state index contributed by atoms with van der Waals surface area (Å²) in [7, 11) is 1.94. The summed E-state index contributed by atoms with van der Waals surface area (Å²) in [6.45, 7) is 2.10. The van der Waals surface area contributed by atoms with Crippen LogP contribution >= 0.6 is 11.3 Å². The fraction of sp³-hybridized carbons (Fsp3) is 0.286. The van der Waals surface area contributed by atoms with Crippen molar-refractivity contribution in [1.82, 2.24) is 5.32 Å². The largest absolute Gasteiger partial charge is 0.312 e. The number of benzene rings is 1. The van der Waals surface area contributed by atoms with Crippen LogP contribution in [0.5, 0.6) is 0 Å². The zero-order valence-electron chi connectivity index (χ0n) is 10.0. The number of thiophene rings is 1. The minimum atomic E-state index is -0.167. The molecule has 0 saturated heterocycles. The Morgan fingerprint density at radius 1 is 1.29 bits per heavy atom. The second-order valence-electron chi connectivity index (χ2n) is 4.12. The lowest BCUT2D eigenvalue weighted by Gasteiger charge is -2.14. The molecule has 0 aliphatic rings. The molecule has 0 aliphatic carbocycles. The molecule has 1 nitrogen and oxygen atoms in total. The molecule has 3 heteroatoms. The Hall–Kier alpha value is -1.19. The van der Waals surface area contributed by atoms with Gasteiger partial charge in [0.05, 0.1) is 0 Å². The molecule has 1 aromatic carbocycles. The van der Waals surface area contributed by atoms with Gasteiger partial charge in [0.15, 0.2) is 0 Å². The minimum Gasteiger partial charge on any atom is -0.312 e. The first-order valence-electron chi connectivity index (χ1n) is 5.67. The maximum atomic E-state index is 13.1. The van der Waals surface area contributed by atoms with Crippen molar-refractivity contribution < 1.29 is 4.39 Å². The van der Waals surface area contributed by atoms with E-state index in [2.05, 4.69) is 24.4 Å². The van der Waals surface area contributed by atoms with Crippen LogP contribution in [0.3, 0.4) is 0 Å². The number of nitrogens with one attached hydrogen (secondary N) is 1. The average molecular weight is 249 g/mol. The summed E-state index contributed by atoms with van der Waals surface area (Å²) in [4.78, 5) is 2.61.